The monoisotopic (exact) mass is 344 g/mol. The normalized spacial score (nSPS) is 39.1. The molecule has 4 fully saturated rings. The third-order valence-electron chi connectivity index (χ3n) is 6.27. The fraction of sp³-hybridized carbons (Fsp3) is 0.684. The summed E-state index contributed by atoms with van der Waals surface area (Å²) in [5, 5.41) is 0. The Kier molecular flexibility index (Phi) is 3.99. The molecule has 2 bridgehead atoms. The van der Waals surface area contributed by atoms with Crippen LogP contribution in [0.15, 0.2) is 24.5 Å². The molecule has 2 saturated heterocycles. The van der Waals surface area contributed by atoms with Crippen LogP contribution in [0.25, 0.3) is 0 Å². The van der Waals surface area contributed by atoms with Crippen molar-refractivity contribution in [1.29, 1.82) is 0 Å². The molecule has 3 heterocycles. The predicted octanol–water partition coefficient (Wildman–Crippen LogP) is 1.25. The van der Waals surface area contributed by atoms with Gasteiger partial charge in [0.15, 0.2) is 0 Å². The van der Waals surface area contributed by atoms with Crippen molar-refractivity contribution in [1.82, 2.24) is 9.88 Å². The Balaban J connectivity index is 1.29. The summed E-state index contributed by atoms with van der Waals surface area (Å²) < 4.78 is 17.7. The Morgan fingerprint density at radius 1 is 1.24 bits per heavy atom. The quantitative estimate of drug-likeness (QED) is 0.823. The van der Waals surface area contributed by atoms with Crippen molar-refractivity contribution in [2.24, 2.45) is 17.8 Å². The van der Waals surface area contributed by atoms with E-state index < -0.39 is 0 Å². The molecule has 0 radical (unpaired) electrons. The van der Waals surface area contributed by atoms with Crippen molar-refractivity contribution in [2.45, 2.75) is 37.7 Å². The lowest BCUT2D eigenvalue weighted by Crippen LogP contribution is -2.47. The number of carbonyl (C=O) groups excluding carboxylic acids is 1. The summed E-state index contributed by atoms with van der Waals surface area (Å²) in [4.78, 5) is 19.2. The minimum atomic E-state index is -0.0329. The lowest BCUT2D eigenvalue weighted by Gasteiger charge is -2.32. The van der Waals surface area contributed by atoms with Crippen molar-refractivity contribution >= 4 is 5.91 Å². The van der Waals surface area contributed by atoms with Gasteiger partial charge in [0.1, 0.15) is 6.10 Å². The average molecular weight is 344 g/mol. The van der Waals surface area contributed by atoms with E-state index in [2.05, 4.69) is 9.88 Å². The number of nitrogens with zero attached hydrogens (tertiary/aromatic N) is 2. The first-order chi connectivity index (χ1) is 12.3. The van der Waals surface area contributed by atoms with E-state index >= 15 is 0 Å². The number of hydrogen-bond donors (Lipinski definition) is 0. The van der Waals surface area contributed by atoms with Crippen LogP contribution in [0.1, 0.15) is 18.4 Å². The highest BCUT2D eigenvalue weighted by Crippen LogP contribution is 2.52. The van der Waals surface area contributed by atoms with Crippen LogP contribution in [0, 0.1) is 17.8 Å². The molecule has 1 amide bonds. The number of fused-ring (bicyclic) bond motifs is 3. The predicted molar refractivity (Wildman–Crippen MR) is 88.6 cm³/mol. The number of pyridine rings is 1. The van der Waals surface area contributed by atoms with Gasteiger partial charge >= 0.3 is 0 Å². The molecule has 5 rings (SSSR count). The van der Waals surface area contributed by atoms with Crippen LogP contribution in [0.4, 0.5) is 0 Å². The van der Waals surface area contributed by atoms with Crippen molar-refractivity contribution in [3.05, 3.63) is 30.1 Å². The van der Waals surface area contributed by atoms with Crippen molar-refractivity contribution in [2.75, 3.05) is 26.4 Å². The van der Waals surface area contributed by atoms with E-state index in [0.717, 1.165) is 31.6 Å². The van der Waals surface area contributed by atoms with Crippen LogP contribution in [0.3, 0.4) is 0 Å². The number of ether oxygens (including phenoxy) is 3. The van der Waals surface area contributed by atoms with Gasteiger partial charge in [-0.15, -0.1) is 0 Å². The van der Waals surface area contributed by atoms with E-state index in [1.807, 2.05) is 12.1 Å². The van der Waals surface area contributed by atoms with Crippen LogP contribution in [-0.4, -0.2) is 60.4 Å². The first-order valence-electron chi connectivity index (χ1n) is 9.33. The van der Waals surface area contributed by atoms with Crippen molar-refractivity contribution < 1.29 is 19.0 Å². The molecule has 6 nitrogen and oxygen atoms in total. The zero-order valence-corrected chi connectivity index (χ0v) is 14.3. The molecule has 1 aromatic heterocycles. The summed E-state index contributed by atoms with van der Waals surface area (Å²) in [6.07, 6.45) is 5.56. The van der Waals surface area contributed by atoms with Gasteiger partial charge in [-0.05, 0) is 42.4 Å². The van der Waals surface area contributed by atoms with E-state index in [1.165, 1.54) is 0 Å². The van der Waals surface area contributed by atoms with Crippen LogP contribution >= 0.6 is 0 Å². The number of carbonyl (C=O) groups is 1. The van der Waals surface area contributed by atoms with Gasteiger partial charge in [0.2, 0.25) is 5.91 Å². The number of rotatable bonds is 4. The third-order valence-corrected chi connectivity index (χ3v) is 6.27. The number of aromatic nitrogens is 1. The second kappa shape index (κ2) is 6.34. The molecular formula is C19H24N2O4. The molecule has 4 unspecified atom stereocenters. The lowest BCUT2D eigenvalue weighted by atomic mass is 10.1. The van der Waals surface area contributed by atoms with Gasteiger partial charge in [-0.2, -0.15) is 0 Å². The zero-order valence-electron chi connectivity index (χ0n) is 14.3. The van der Waals surface area contributed by atoms with Crippen LogP contribution in [0.2, 0.25) is 0 Å². The molecule has 2 aliphatic heterocycles. The highest BCUT2D eigenvalue weighted by Gasteiger charge is 2.60. The molecule has 0 spiro atoms. The van der Waals surface area contributed by atoms with Gasteiger partial charge in [-0.25, -0.2) is 0 Å². The minimum Gasteiger partial charge on any atom is -0.381 e. The van der Waals surface area contributed by atoms with E-state index in [0.29, 0.717) is 37.5 Å². The maximum atomic E-state index is 13.1. The number of amides is 1. The molecule has 2 aliphatic carbocycles. The summed E-state index contributed by atoms with van der Waals surface area (Å²) in [6, 6.07) is 4.07. The second-order valence-corrected chi connectivity index (χ2v) is 7.61. The summed E-state index contributed by atoms with van der Waals surface area (Å²) in [5.41, 5.74) is 1.10. The first kappa shape index (κ1) is 15.7. The second-order valence-electron chi connectivity index (χ2n) is 7.61. The van der Waals surface area contributed by atoms with Crippen LogP contribution in [0.5, 0.6) is 0 Å². The molecule has 0 N–H and O–H groups in total. The summed E-state index contributed by atoms with van der Waals surface area (Å²) >= 11 is 0. The number of hydrogen-bond acceptors (Lipinski definition) is 5. The zero-order chi connectivity index (χ0) is 16.8. The topological polar surface area (TPSA) is 60.9 Å². The fourth-order valence-electron chi connectivity index (χ4n) is 4.85. The lowest BCUT2D eigenvalue weighted by molar-refractivity contribution is -0.139. The van der Waals surface area contributed by atoms with Gasteiger partial charge in [0.05, 0.1) is 38.6 Å². The highest BCUT2D eigenvalue weighted by molar-refractivity contribution is 5.83. The van der Waals surface area contributed by atoms with Gasteiger partial charge in [0.25, 0.3) is 0 Å². The molecular weight excluding hydrogens is 320 g/mol. The molecule has 4 aliphatic rings. The summed E-state index contributed by atoms with van der Waals surface area (Å²) in [6.45, 7) is 3.34. The van der Waals surface area contributed by atoms with E-state index in [4.69, 9.17) is 14.2 Å². The first-order valence-corrected chi connectivity index (χ1v) is 9.33. The van der Waals surface area contributed by atoms with E-state index in [9.17, 15) is 4.79 Å². The largest absolute Gasteiger partial charge is 0.381 e. The minimum absolute atomic E-state index is 0.0329. The van der Waals surface area contributed by atoms with Crippen molar-refractivity contribution in [3.63, 3.8) is 0 Å². The standard InChI is InChI=1S/C19H24N2O4/c22-19(17-13-10-23-11-14(13)17)21-7-8-24-16-2-1-15(21)18(16)25-9-12-3-5-20-6-4-12/h3-6,13-18H,1-2,7-11H2/t13-,14+,15?,16?,17?,18?. The Labute approximate surface area is 147 Å². The van der Waals surface area contributed by atoms with E-state index in [-0.39, 0.29) is 24.2 Å². The average Bonchev–Trinajstić information content (AvgIpc) is 2.95. The van der Waals surface area contributed by atoms with Crippen LogP contribution in [-0.2, 0) is 25.6 Å². The Hall–Kier alpha value is -1.50. The smallest absolute Gasteiger partial charge is 0.226 e. The van der Waals surface area contributed by atoms with Gasteiger partial charge in [-0.3, -0.25) is 9.78 Å². The van der Waals surface area contributed by atoms with Gasteiger partial charge in [0, 0.05) is 24.9 Å². The van der Waals surface area contributed by atoms with Crippen LogP contribution < -0.4 is 0 Å². The van der Waals surface area contributed by atoms with Gasteiger partial charge < -0.3 is 19.1 Å². The fourth-order valence-corrected chi connectivity index (χ4v) is 4.85. The molecule has 0 aromatic carbocycles. The molecule has 6 atom stereocenters. The van der Waals surface area contributed by atoms with Crippen molar-refractivity contribution in [3.8, 4) is 0 Å². The molecule has 1 aromatic rings. The van der Waals surface area contributed by atoms with E-state index in [1.54, 1.807) is 12.4 Å². The third kappa shape index (κ3) is 2.76. The van der Waals surface area contributed by atoms with Gasteiger partial charge in [-0.1, -0.05) is 0 Å². The molecule has 25 heavy (non-hydrogen) atoms. The highest BCUT2D eigenvalue weighted by atomic mass is 16.5. The maximum Gasteiger partial charge on any atom is 0.226 e. The Morgan fingerprint density at radius 3 is 2.84 bits per heavy atom. The molecule has 6 heteroatoms. The summed E-state index contributed by atoms with van der Waals surface area (Å²) in [7, 11) is 0. The molecule has 134 valence electrons. The SMILES string of the molecule is O=C(C1[C@H]2COC[C@@H]12)N1CCOC2CCC1C2OCc1ccncc1. The summed E-state index contributed by atoms with van der Waals surface area (Å²) in [5.74, 6) is 1.37. The maximum absolute atomic E-state index is 13.1. The Morgan fingerprint density at radius 2 is 2.04 bits per heavy atom. The molecule has 2 saturated carbocycles. The Bertz CT molecular complexity index is 630.